The Morgan fingerprint density at radius 3 is 2.24 bits per heavy atom. The molecule has 0 aromatic heterocycles. The van der Waals surface area contributed by atoms with E-state index in [0.29, 0.717) is 0 Å². The van der Waals surface area contributed by atoms with Gasteiger partial charge in [-0.2, -0.15) is 0 Å². The van der Waals surface area contributed by atoms with Gasteiger partial charge in [-0.25, -0.2) is 0 Å². The number of amides is 1. The fraction of sp³-hybridized carbons (Fsp3) is 0.167. The summed E-state index contributed by atoms with van der Waals surface area (Å²) in [5, 5.41) is 3.04. The lowest BCUT2D eigenvalue weighted by molar-refractivity contribution is -0.119. The zero-order chi connectivity index (χ0) is 15.2. The highest BCUT2D eigenvalue weighted by Crippen LogP contribution is 2.32. The molecule has 108 valence electrons. The van der Waals surface area contributed by atoms with Gasteiger partial charge in [0.2, 0.25) is 5.91 Å². The third kappa shape index (κ3) is 4.05. The molecule has 0 aliphatic carbocycles. The molecule has 0 radical (unpaired) electrons. The van der Waals surface area contributed by atoms with Crippen molar-refractivity contribution in [3.05, 3.63) is 82.9 Å². The lowest BCUT2D eigenvalue weighted by atomic mass is 9.87. The van der Waals surface area contributed by atoms with Crippen molar-refractivity contribution >= 4 is 21.8 Å². The molecule has 0 fully saturated rings. The predicted octanol–water partition coefficient (Wildman–Crippen LogP) is 4.60. The van der Waals surface area contributed by atoms with E-state index in [0.717, 1.165) is 15.6 Å². The van der Waals surface area contributed by atoms with Gasteiger partial charge in [0.15, 0.2) is 0 Å². The maximum absolute atomic E-state index is 11.6. The first-order chi connectivity index (χ1) is 10.1. The number of hydrogen-bond acceptors (Lipinski definition) is 1. The molecule has 2 aromatic carbocycles. The van der Waals surface area contributed by atoms with Crippen LogP contribution in [0.15, 0.2) is 71.7 Å². The molecule has 2 nitrogen and oxygen atoms in total. The van der Waals surface area contributed by atoms with Gasteiger partial charge in [0.05, 0.1) is 6.04 Å². The minimum absolute atomic E-state index is 0.0180. The SMILES string of the molecule is C=C[C@H](c1ccc(Br)cc1)[C@@H](NC(C)=O)c1ccccc1. The first-order valence-electron chi connectivity index (χ1n) is 6.82. The van der Waals surface area contributed by atoms with Crippen molar-refractivity contribution in [2.45, 2.75) is 18.9 Å². The second-order valence-electron chi connectivity index (χ2n) is 4.90. The van der Waals surface area contributed by atoms with E-state index in [4.69, 9.17) is 0 Å². The Kier molecular flexibility index (Phi) is 5.34. The Morgan fingerprint density at radius 1 is 1.10 bits per heavy atom. The molecule has 2 rings (SSSR count). The number of carbonyl (C=O) groups excluding carboxylic acids is 1. The summed E-state index contributed by atoms with van der Waals surface area (Å²) in [4.78, 5) is 11.6. The molecule has 0 saturated carbocycles. The summed E-state index contributed by atoms with van der Waals surface area (Å²) in [7, 11) is 0. The molecule has 1 amide bonds. The highest BCUT2D eigenvalue weighted by molar-refractivity contribution is 9.10. The van der Waals surface area contributed by atoms with Crippen molar-refractivity contribution < 1.29 is 4.79 Å². The second kappa shape index (κ2) is 7.23. The highest BCUT2D eigenvalue weighted by atomic mass is 79.9. The van der Waals surface area contributed by atoms with E-state index in [1.807, 2.05) is 60.7 Å². The van der Waals surface area contributed by atoms with Crippen LogP contribution in [0.4, 0.5) is 0 Å². The molecule has 0 aliphatic rings. The second-order valence-corrected chi connectivity index (χ2v) is 5.82. The van der Waals surface area contributed by atoms with E-state index in [-0.39, 0.29) is 17.9 Å². The first kappa shape index (κ1) is 15.5. The van der Waals surface area contributed by atoms with Gasteiger partial charge < -0.3 is 5.32 Å². The summed E-state index contributed by atoms with van der Waals surface area (Å²) in [6.45, 7) is 5.49. The van der Waals surface area contributed by atoms with E-state index in [9.17, 15) is 4.79 Å². The van der Waals surface area contributed by atoms with Crippen LogP contribution in [-0.2, 0) is 4.79 Å². The third-order valence-electron chi connectivity index (χ3n) is 3.39. The van der Waals surface area contributed by atoms with Gasteiger partial charge in [0.1, 0.15) is 0 Å². The largest absolute Gasteiger partial charge is 0.349 e. The van der Waals surface area contributed by atoms with Crippen molar-refractivity contribution in [3.8, 4) is 0 Å². The fourth-order valence-electron chi connectivity index (χ4n) is 2.41. The zero-order valence-electron chi connectivity index (χ0n) is 11.9. The van der Waals surface area contributed by atoms with Crippen LogP contribution in [-0.4, -0.2) is 5.91 Å². The summed E-state index contributed by atoms with van der Waals surface area (Å²) in [6, 6.07) is 18.0. The minimum atomic E-state index is -0.123. The van der Waals surface area contributed by atoms with Crippen LogP contribution >= 0.6 is 15.9 Å². The van der Waals surface area contributed by atoms with Crippen LogP contribution in [0, 0.1) is 0 Å². The normalized spacial score (nSPS) is 13.2. The highest BCUT2D eigenvalue weighted by Gasteiger charge is 2.23. The lowest BCUT2D eigenvalue weighted by Gasteiger charge is -2.26. The Hall–Kier alpha value is -1.87. The number of rotatable bonds is 5. The molecule has 0 spiro atoms. The smallest absolute Gasteiger partial charge is 0.217 e. The number of benzene rings is 2. The molecule has 2 atom stereocenters. The molecule has 0 unspecified atom stereocenters. The van der Waals surface area contributed by atoms with Gasteiger partial charge in [-0.15, -0.1) is 6.58 Å². The molecule has 2 aromatic rings. The fourth-order valence-corrected chi connectivity index (χ4v) is 2.67. The van der Waals surface area contributed by atoms with E-state index in [2.05, 4.69) is 27.8 Å². The molecule has 3 heteroatoms. The molecular weight excluding hydrogens is 326 g/mol. The molecular formula is C18H18BrNO. The lowest BCUT2D eigenvalue weighted by Crippen LogP contribution is -2.30. The quantitative estimate of drug-likeness (QED) is 0.790. The number of nitrogens with one attached hydrogen (secondary N) is 1. The Balaban J connectivity index is 2.39. The van der Waals surface area contributed by atoms with Crippen molar-refractivity contribution in [2.75, 3.05) is 0 Å². The summed E-state index contributed by atoms with van der Waals surface area (Å²) in [5.74, 6) is -0.0304. The van der Waals surface area contributed by atoms with Crippen LogP contribution in [0.3, 0.4) is 0 Å². The molecule has 0 heterocycles. The van der Waals surface area contributed by atoms with Crippen LogP contribution < -0.4 is 5.32 Å². The van der Waals surface area contributed by atoms with Crippen molar-refractivity contribution in [1.82, 2.24) is 5.32 Å². The van der Waals surface area contributed by atoms with Gasteiger partial charge in [0, 0.05) is 17.3 Å². The summed E-state index contributed by atoms with van der Waals surface area (Å²) in [5.41, 5.74) is 2.19. The molecule has 0 bridgehead atoms. The van der Waals surface area contributed by atoms with Crippen LogP contribution in [0.25, 0.3) is 0 Å². The topological polar surface area (TPSA) is 29.1 Å². The van der Waals surface area contributed by atoms with Crippen LogP contribution in [0.5, 0.6) is 0 Å². The molecule has 1 N–H and O–H groups in total. The third-order valence-corrected chi connectivity index (χ3v) is 3.91. The molecule has 21 heavy (non-hydrogen) atoms. The van der Waals surface area contributed by atoms with Gasteiger partial charge in [-0.05, 0) is 23.3 Å². The number of carbonyl (C=O) groups is 1. The van der Waals surface area contributed by atoms with Crippen molar-refractivity contribution in [3.63, 3.8) is 0 Å². The number of hydrogen-bond donors (Lipinski definition) is 1. The summed E-state index contributed by atoms with van der Waals surface area (Å²) >= 11 is 3.44. The average molecular weight is 344 g/mol. The van der Waals surface area contributed by atoms with Gasteiger partial charge >= 0.3 is 0 Å². The van der Waals surface area contributed by atoms with E-state index in [1.165, 1.54) is 6.92 Å². The molecule has 0 saturated heterocycles. The maximum atomic E-state index is 11.6. The van der Waals surface area contributed by atoms with Crippen molar-refractivity contribution in [2.24, 2.45) is 0 Å². The van der Waals surface area contributed by atoms with E-state index < -0.39 is 0 Å². The Labute approximate surface area is 134 Å². The van der Waals surface area contributed by atoms with E-state index in [1.54, 1.807) is 0 Å². The predicted molar refractivity (Wildman–Crippen MR) is 90.1 cm³/mol. The summed E-state index contributed by atoms with van der Waals surface area (Å²) < 4.78 is 1.03. The minimum Gasteiger partial charge on any atom is -0.349 e. The Bertz CT molecular complexity index is 607. The number of halogens is 1. The monoisotopic (exact) mass is 343 g/mol. The van der Waals surface area contributed by atoms with Crippen molar-refractivity contribution in [1.29, 1.82) is 0 Å². The molecule has 0 aliphatic heterocycles. The first-order valence-corrected chi connectivity index (χ1v) is 7.61. The Morgan fingerprint density at radius 2 is 1.71 bits per heavy atom. The van der Waals surface area contributed by atoms with Crippen LogP contribution in [0.2, 0.25) is 0 Å². The van der Waals surface area contributed by atoms with Gasteiger partial charge in [0.25, 0.3) is 0 Å². The average Bonchev–Trinajstić information content (AvgIpc) is 2.49. The van der Waals surface area contributed by atoms with Gasteiger partial charge in [-0.3, -0.25) is 4.79 Å². The summed E-state index contributed by atoms with van der Waals surface area (Å²) in [6.07, 6.45) is 1.89. The standard InChI is InChI=1S/C18H18BrNO/c1-3-17(14-9-11-16(19)12-10-14)18(20-13(2)21)15-7-5-4-6-8-15/h3-12,17-18H,1H2,2H3,(H,20,21)/t17-,18+/m1/s1. The van der Waals surface area contributed by atoms with E-state index >= 15 is 0 Å². The zero-order valence-corrected chi connectivity index (χ0v) is 13.5. The maximum Gasteiger partial charge on any atom is 0.217 e. The van der Waals surface area contributed by atoms with Gasteiger partial charge in [-0.1, -0.05) is 64.5 Å². The van der Waals surface area contributed by atoms with Crippen LogP contribution in [0.1, 0.15) is 30.0 Å².